The average Bonchev–Trinajstić information content (AvgIpc) is 3.22. The first-order valence-electron chi connectivity index (χ1n) is 12.3. The number of amides is 1. The third-order valence-corrected chi connectivity index (χ3v) is 7.13. The quantitative estimate of drug-likeness (QED) is 0.442. The van der Waals surface area contributed by atoms with Crippen LogP contribution in [0.15, 0.2) is 4.99 Å². The maximum atomic E-state index is 12.1. The lowest BCUT2D eigenvalue weighted by atomic mass is 9.80. The highest BCUT2D eigenvalue weighted by atomic mass is 16.5. The number of morpholine rings is 1. The minimum Gasteiger partial charge on any atom is -0.379 e. The molecule has 30 heavy (non-hydrogen) atoms. The number of likely N-dealkylation sites (tertiary alicyclic amines) is 1. The Balaban J connectivity index is 1.57. The third-order valence-electron chi connectivity index (χ3n) is 7.13. The summed E-state index contributed by atoms with van der Waals surface area (Å²) in [6.45, 7) is 11.5. The summed E-state index contributed by atoms with van der Waals surface area (Å²) in [7, 11) is 0. The minimum atomic E-state index is 0.193. The second-order valence-electron chi connectivity index (χ2n) is 9.05. The van der Waals surface area contributed by atoms with Crippen molar-refractivity contribution in [2.75, 3.05) is 52.5 Å². The molecule has 2 aliphatic heterocycles. The molecule has 0 spiro atoms. The van der Waals surface area contributed by atoms with Crippen LogP contribution in [-0.4, -0.2) is 85.7 Å². The fourth-order valence-corrected chi connectivity index (χ4v) is 5.38. The monoisotopic (exact) mass is 421 g/mol. The summed E-state index contributed by atoms with van der Waals surface area (Å²) in [6.07, 6.45) is 10.2. The number of hydrogen-bond acceptors (Lipinski definition) is 4. The molecule has 0 radical (unpaired) electrons. The van der Waals surface area contributed by atoms with E-state index in [1.54, 1.807) is 0 Å². The number of guanidine groups is 1. The molecule has 1 saturated carbocycles. The van der Waals surface area contributed by atoms with Gasteiger partial charge in [-0.05, 0) is 39.0 Å². The van der Waals surface area contributed by atoms with Crippen molar-refractivity contribution in [3.63, 3.8) is 0 Å². The van der Waals surface area contributed by atoms with Gasteiger partial charge in [0.25, 0.3) is 0 Å². The molecule has 3 fully saturated rings. The van der Waals surface area contributed by atoms with E-state index in [0.29, 0.717) is 11.9 Å². The Labute approximate surface area is 183 Å². The smallest absolute Gasteiger partial charge is 0.222 e. The first-order valence-corrected chi connectivity index (χ1v) is 12.3. The van der Waals surface area contributed by atoms with Gasteiger partial charge in [0.2, 0.25) is 5.91 Å². The van der Waals surface area contributed by atoms with E-state index in [-0.39, 0.29) is 5.54 Å². The van der Waals surface area contributed by atoms with Crippen molar-refractivity contribution in [1.29, 1.82) is 0 Å². The number of hydrogen-bond donors (Lipinski definition) is 2. The maximum absolute atomic E-state index is 12.1. The van der Waals surface area contributed by atoms with E-state index in [1.165, 1.54) is 32.1 Å². The summed E-state index contributed by atoms with van der Waals surface area (Å²) < 4.78 is 5.61. The lowest BCUT2D eigenvalue weighted by Crippen LogP contribution is -2.56. The van der Waals surface area contributed by atoms with Crippen molar-refractivity contribution in [3.8, 4) is 0 Å². The van der Waals surface area contributed by atoms with Crippen molar-refractivity contribution < 1.29 is 9.53 Å². The summed E-state index contributed by atoms with van der Waals surface area (Å²) in [5.41, 5.74) is 0.193. The van der Waals surface area contributed by atoms with Gasteiger partial charge in [-0.3, -0.25) is 14.7 Å². The summed E-state index contributed by atoms with van der Waals surface area (Å²) in [6, 6.07) is 0.341. The van der Waals surface area contributed by atoms with Crippen LogP contribution in [0.25, 0.3) is 0 Å². The van der Waals surface area contributed by atoms with Gasteiger partial charge in [0.15, 0.2) is 5.96 Å². The molecule has 2 saturated heterocycles. The summed E-state index contributed by atoms with van der Waals surface area (Å²) in [4.78, 5) is 21.9. The maximum Gasteiger partial charge on any atom is 0.222 e. The van der Waals surface area contributed by atoms with E-state index < -0.39 is 0 Å². The van der Waals surface area contributed by atoms with Crippen LogP contribution < -0.4 is 10.6 Å². The lowest BCUT2D eigenvalue weighted by Gasteiger charge is -2.47. The van der Waals surface area contributed by atoms with E-state index in [1.807, 2.05) is 0 Å². The molecule has 2 heterocycles. The third kappa shape index (κ3) is 6.10. The number of rotatable bonds is 9. The van der Waals surface area contributed by atoms with Crippen molar-refractivity contribution in [3.05, 3.63) is 0 Å². The molecule has 1 amide bonds. The van der Waals surface area contributed by atoms with Crippen LogP contribution >= 0.6 is 0 Å². The molecule has 172 valence electrons. The van der Waals surface area contributed by atoms with Gasteiger partial charge in [-0.15, -0.1) is 0 Å². The highest BCUT2D eigenvalue weighted by Gasteiger charge is 2.38. The van der Waals surface area contributed by atoms with Gasteiger partial charge in [0.05, 0.1) is 19.8 Å². The number of aliphatic imine (C=N–C) groups is 1. The van der Waals surface area contributed by atoms with E-state index in [9.17, 15) is 4.79 Å². The summed E-state index contributed by atoms with van der Waals surface area (Å²) in [5.74, 6) is 1.24. The molecule has 0 aromatic carbocycles. The SMILES string of the molecule is CCNC(=NCC1(N2CCOCC2)CCCCC1)NCCC(CC)N1CCCC1=O. The Morgan fingerprint density at radius 2 is 1.87 bits per heavy atom. The van der Waals surface area contributed by atoms with Gasteiger partial charge >= 0.3 is 0 Å². The van der Waals surface area contributed by atoms with Crippen LogP contribution in [0.3, 0.4) is 0 Å². The number of ether oxygens (including phenoxy) is 1. The zero-order valence-electron chi connectivity index (χ0n) is 19.3. The van der Waals surface area contributed by atoms with Crippen molar-refractivity contribution in [2.24, 2.45) is 4.99 Å². The predicted molar refractivity (Wildman–Crippen MR) is 122 cm³/mol. The molecule has 0 aromatic rings. The Kier molecular flexibility index (Phi) is 9.25. The molecule has 0 aromatic heterocycles. The number of carbonyl (C=O) groups excluding carboxylic acids is 1. The molecule has 1 atom stereocenters. The largest absolute Gasteiger partial charge is 0.379 e. The molecular formula is C23H43N5O2. The van der Waals surface area contributed by atoms with Gasteiger partial charge in [0, 0.05) is 50.7 Å². The van der Waals surface area contributed by atoms with E-state index >= 15 is 0 Å². The number of nitrogens with one attached hydrogen (secondary N) is 2. The van der Waals surface area contributed by atoms with E-state index in [0.717, 1.165) is 84.1 Å². The molecule has 7 heteroatoms. The van der Waals surface area contributed by atoms with Crippen LogP contribution in [0.1, 0.15) is 71.6 Å². The molecular weight excluding hydrogens is 378 g/mol. The van der Waals surface area contributed by atoms with Gasteiger partial charge in [-0.1, -0.05) is 26.2 Å². The molecule has 7 nitrogen and oxygen atoms in total. The van der Waals surface area contributed by atoms with Crippen LogP contribution in [0.2, 0.25) is 0 Å². The van der Waals surface area contributed by atoms with Gasteiger partial charge in [-0.25, -0.2) is 0 Å². The molecule has 3 rings (SSSR count). The highest BCUT2D eigenvalue weighted by molar-refractivity contribution is 5.80. The van der Waals surface area contributed by atoms with Crippen molar-refractivity contribution in [2.45, 2.75) is 83.2 Å². The molecule has 1 unspecified atom stereocenters. The topological polar surface area (TPSA) is 69.2 Å². The highest BCUT2D eigenvalue weighted by Crippen LogP contribution is 2.34. The van der Waals surface area contributed by atoms with Crippen LogP contribution in [0.4, 0.5) is 0 Å². The van der Waals surface area contributed by atoms with Crippen molar-refractivity contribution in [1.82, 2.24) is 20.4 Å². The second kappa shape index (κ2) is 11.9. The van der Waals surface area contributed by atoms with Gasteiger partial charge < -0.3 is 20.3 Å². The fourth-order valence-electron chi connectivity index (χ4n) is 5.38. The standard InChI is InChI=1S/C23H43N5O2/c1-3-20(28-14-8-9-21(28)29)10-13-25-22(24-4-2)26-19-23(11-6-5-7-12-23)27-15-17-30-18-16-27/h20H,3-19H2,1-2H3,(H2,24,25,26). The normalized spacial score (nSPS) is 24.1. The molecule has 1 aliphatic carbocycles. The zero-order valence-corrected chi connectivity index (χ0v) is 19.3. The van der Waals surface area contributed by atoms with E-state index in [2.05, 4.69) is 34.3 Å². The van der Waals surface area contributed by atoms with Gasteiger partial charge in [-0.2, -0.15) is 0 Å². The average molecular weight is 422 g/mol. The Morgan fingerprint density at radius 1 is 1.10 bits per heavy atom. The Morgan fingerprint density at radius 3 is 2.50 bits per heavy atom. The van der Waals surface area contributed by atoms with Crippen LogP contribution in [-0.2, 0) is 9.53 Å². The van der Waals surface area contributed by atoms with Gasteiger partial charge in [0.1, 0.15) is 0 Å². The Bertz CT molecular complexity index is 556. The number of nitrogens with zero attached hydrogens (tertiary/aromatic N) is 3. The molecule has 2 N–H and O–H groups in total. The molecule has 3 aliphatic rings. The van der Waals surface area contributed by atoms with Crippen LogP contribution in [0, 0.1) is 0 Å². The fraction of sp³-hybridized carbons (Fsp3) is 0.913. The van der Waals surface area contributed by atoms with Crippen molar-refractivity contribution >= 4 is 11.9 Å². The molecule has 0 bridgehead atoms. The predicted octanol–water partition coefficient (Wildman–Crippen LogP) is 2.37. The first kappa shape index (κ1) is 23.3. The lowest BCUT2D eigenvalue weighted by molar-refractivity contribution is -0.129. The minimum absolute atomic E-state index is 0.193. The second-order valence-corrected chi connectivity index (χ2v) is 9.05. The zero-order chi connectivity index (χ0) is 21.2. The number of carbonyl (C=O) groups is 1. The summed E-state index contributed by atoms with van der Waals surface area (Å²) >= 11 is 0. The summed E-state index contributed by atoms with van der Waals surface area (Å²) in [5, 5.41) is 6.97. The van der Waals surface area contributed by atoms with E-state index in [4.69, 9.17) is 9.73 Å². The first-order chi connectivity index (χ1) is 14.7. The van der Waals surface area contributed by atoms with Crippen LogP contribution in [0.5, 0.6) is 0 Å². The Hall–Kier alpha value is -1.34.